The van der Waals surface area contributed by atoms with Gasteiger partial charge in [0.15, 0.2) is 0 Å². The van der Waals surface area contributed by atoms with Crippen LogP contribution in [0.1, 0.15) is 28.4 Å². The maximum Gasteiger partial charge on any atom is 0.336 e. The van der Waals surface area contributed by atoms with E-state index < -0.39 is 16.0 Å². The van der Waals surface area contributed by atoms with E-state index in [1.165, 1.54) is 18.2 Å². The maximum atomic E-state index is 12.7. The Morgan fingerprint density at radius 1 is 1.03 bits per heavy atom. The molecule has 0 bridgehead atoms. The molecule has 0 saturated carbocycles. The molecule has 0 aliphatic heterocycles. The number of phenolic OH excluding ortho intramolecular Hbond substituents is 1. The first-order valence-electron chi connectivity index (χ1n) is 9.18. The van der Waals surface area contributed by atoms with Gasteiger partial charge >= 0.3 is 5.97 Å². The fraction of sp³-hybridized carbons (Fsp3) is 0.136. The molecule has 3 aromatic carbocycles. The van der Waals surface area contributed by atoms with E-state index in [0.29, 0.717) is 23.4 Å². The normalized spacial score (nSPS) is 11.2. The zero-order chi connectivity index (χ0) is 21.7. The number of aromatic carboxylic acids is 1. The minimum atomic E-state index is -3.92. The van der Waals surface area contributed by atoms with E-state index in [9.17, 15) is 23.4 Å². The first-order valence-corrected chi connectivity index (χ1v) is 11.6. The highest BCUT2D eigenvalue weighted by atomic mass is 32.2. The number of aryl methyl sites for hydroxylation is 1. The molecule has 3 aromatic rings. The van der Waals surface area contributed by atoms with Crippen molar-refractivity contribution in [1.82, 2.24) is 0 Å². The second-order valence-electron chi connectivity index (χ2n) is 6.57. The standard InChI is InChI=1S/C22H21NO5S2/c1-2-16-6-11-20(13-21(16)22(25)26)30(27,28)23-17-7-9-19(10-8-17)29-14-15-4-3-5-18(24)12-15/h3-13,23-24H,2,14H2,1H3,(H,25,26). The van der Waals surface area contributed by atoms with Crippen LogP contribution >= 0.6 is 11.8 Å². The van der Waals surface area contributed by atoms with Gasteiger partial charge in [-0.3, -0.25) is 4.72 Å². The van der Waals surface area contributed by atoms with Crippen molar-refractivity contribution in [1.29, 1.82) is 0 Å². The summed E-state index contributed by atoms with van der Waals surface area (Å²) in [5.74, 6) is -0.269. The summed E-state index contributed by atoms with van der Waals surface area (Å²) in [6.07, 6.45) is 0.497. The van der Waals surface area contributed by atoms with Crippen LogP contribution < -0.4 is 4.72 Å². The molecule has 0 saturated heterocycles. The van der Waals surface area contributed by atoms with Crippen molar-refractivity contribution >= 4 is 33.4 Å². The van der Waals surface area contributed by atoms with Gasteiger partial charge in [-0.2, -0.15) is 0 Å². The van der Waals surface area contributed by atoms with E-state index in [1.54, 1.807) is 54.2 Å². The molecule has 0 aromatic heterocycles. The van der Waals surface area contributed by atoms with Gasteiger partial charge in [0.2, 0.25) is 0 Å². The summed E-state index contributed by atoms with van der Waals surface area (Å²) in [7, 11) is -3.92. The summed E-state index contributed by atoms with van der Waals surface area (Å²) in [5, 5.41) is 18.8. The maximum absolute atomic E-state index is 12.7. The molecular formula is C22H21NO5S2. The highest BCUT2D eigenvalue weighted by Crippen LogP contribution is 2.26. The fourth-order valence-corrected chi connectivity index (χ4v) is 4.80. The number of benzene rings is 3. The van der Waals surface area contributed by atoms with Gasteiger partial charge < -0.3 is 10.2 Å². The van der Waals surface area contributed by atoms with Crippen LogP contribution in [0, 0.1) is 0 Å². The van der Waals surface area contributed by atoms with E-state index in [2.05, 4.69) is 4.72 Å². The number of rotatable bonds is 8. The Hall–Kier alpha value is -2.97. The number of nitrogens with one attached hydrogen (secondary N) is 1. The summed E-state index contributed by atoms with van der Waals surface area (Å²) in [6, 6.07) is 18.0. The lowest BCUT2D eigenvalue weighted by Gasteiger charge is -2.11. The monoisotopic (exact) mass is 443 g/mol. The van der Waals surface area contributed by atoms with E-state index in [1.807, 2.05) is 13.0 Å². The summed E-state index contributed by atoms with van der Waals surface area (Å²) < 4.78 is 27.8. The molecule has 8 heteroatoms. The van der Waals surface area contributed by atoms with Crippen LogP contribution in [0.5, 0.6) is 5.75 Å². The molecule has 0 aliphatic carbocycles. The summed E-state index contributed by atoms with van der Waals surface area (Å²) in [5.41, 5.74) is 1.93. The van der Waals surface area contributed by atoms with Crippen LogP contribution in [0.2, 0.25) is 0 Å². The second kappa shape index (κ2) is 9.23. The largest absolute Gasteiger partial charge is 0.508 e. The molecular weight excluding hydrogens is 422 g/mol. The van der Waals surface area contributed by atoms with E-state index >= 15 is 0 Å². The van der Waals surface area contributed by atoms with Crippen LogP contribution in [-0.2, 0) is 22.2 Å². The topological polar surface area (TPSA) is 104 Å². The minimum absolute atomic E-state index is 0.0147. The molecule has 0 spiro atoms. The summed E-state index contributed by atoms with van der Waals surface area (Å²) in [4.78, 5) is 12.3. The smallest absolute Gasteiger partial charge is 0.336 e. The third kappa shape index (κ3) is 5.34. The van der Waals surface area contributed by atoms with Gasteiger partial charge in [-0.05, 0) is 66.1 Å². The van der Waals surface area contributed by atoms with Crippen molar-refractivity contribution in [2.45, 2.75) is 28.9 Å². The third-order valence-electron chi connectivity index (χ3n) is 4.43. The van der Waals surface area contributed by atoms with E-state index in [4.69, 9.17) is 0 Å². The molecule has 0 amide bonds. The molecule has 0 unspecified atom stereocenters. The lowest BCUT2D eigenvalue weighted by molar-refractivity contribution is 0.0695. The van der Waals surface area contributed by atoms with Crippen LogP contribution in [-0.4, -0.2) is 24.6 Å². The first-order chi connectivity index (χ1) is 14.3. The SMILES string of the molecule is CCc1ccc(S(=O)(=O)Nc2ccc(SCc3cccc(O)c3)cc2)cc1C(=O)O. The van der Waals surface area contributed by atoms with E-state index in [-0.39, 0.29) is 16.2 Å². The average molecular weight is 444 g/mol. The summed E-state index contributed by atoms with van der Waals surface area (Å²) >= 11 is 1.56. The quantitative estimate of drug-likeness (QED) is 0.434. The molecule has 3 N–H and O–H groups in total. The fourth-order valence-electron chi connectivity index (χ4n) is 2.88. The number of carboxylic acid groups (broad SMARTS) is 1. The molecule has 156 valence electrons. The number of aromatic hydroxyl groups is 1. The van der Waals surface area contributed by atoms with Gasteiger partial charge in [-0.15, -0.1) is 11.8 Å². The second-order valence-corrected chi connectivity index (χ2v) is 9.30. The van der Waals surface area contributed by atoms with Crippen LogP contribution in [0.15, 0.2) is 76.5 Å². The van der Waals surface area contributed by atoms with Gasteiger partial charge in [-0.1, -0.05) is 25.1 Å². The molecule has 3 rings (SSSR count). The van der Waals surface area contributed by atoms with Crippen molar-refractivity contribution in [2.75, 3.05) is 4.72 Å². The lowest BCUT2D eigenvalue weighted by Crippen LogP contribution is -2.14. The van der Waals surface area contributed by atoms with Crippen molar-refractivity contribution in [2.24, 2.45) is 0 Å². The molecule has 0 atom stereocenters. The minimum Gasteiger partial charge on any atom is -0.508 e. The summed E-state index contributed by atoms with van der Waals surface area (Å²) in [6.45, 7) is 1.81. The number of hydrogen-bond donors (Lipinski definition) is 3. The number of anilines is 1. The zero-order valence-electron chi connectivity index (χ0n) is 16.2. The molecule has 6 nitrogen and oxygen atoms in total. The van der Waals surface area contributed by atoms with Gasteiger partial charge in [0.1, 0.15) is 5.75 Å². The number of sulfonamides is 1. The van der Waals surface area contributed by atoms with Gasteiger partial charge in [-0.25, -0.2) is 13.2 Å². The highest BCUT2D eigenvalue weighted by molar-refractivity contribution is 7.98. The van der Waals surface area contributed by atoms with Crippen molar-refractivity contribution < 1.29 is 23.4 Å². The third-order valence-corrected chi connectivity index (χ3v) is 6.89. The molecule has 0 heterocycles. The molecule has 30 heavy (non-hydrogen) atoms. The average Bonchev–Trinajstić information content (AvgIpc) is 2.72. The lowest BCUT2D eigenvalue weighted by atomic mass is 10.1. The van der Waals surface area contributed by atoms with E-state index in [0.717, 1.165) is 10.5 Å². The van der Waals surface area contributed by atoms with Gasteiger partial charge in [0, 0.05) is 16.3 Å². The highest BCUT2D eigenvalue weighted by Gasteiger charge is 2.18. The first kappa shape index (κ1) is 21.7. The number of phenols is 1. The zero-order valence-corrected chi connectivity index (χ0v) is 17.8. The van der Waals surface area contributed by atoms with Gasteiger partial charge in [0.25, 0.3) is 10.0 Å². The van der Waals surface area contributed by atoms with Crippen molar-refractivity contribution in [3.8, 4) is 5.75 Å². The predicted octanol–water partition coefficient (Wildman–Crippen LogP) is 4.75. The van der Waals surface area contributed by atoms with Gasteiger partial charge in [0.05, 0.1) is 10.5 Å². The van der Waals surface area contributed by atoms with Crippen LogP contribution in [0.25, 0.3) is 0 Å². The number of hydrogen-bond acceptors (Lipinski definition) is 5. The molecule has 0 fully saturated rings. The number of carbonyl (C=O) groups is 1. The Bertz CT molecular complexity index is 1160. The van der Waals surface area contributed by atoms with Crippen molar-refractivity contribution in [3.63, 3.8) is 0 Å². The molecule has 0 radical (unpaired) electrons. The number of thioether (sulfide) groups is 1. The molecule has 0 aliphatic rings. The van der Waals surface area contributed by atoms with Crippen LogP contribution in [0.4, 0.5) is 5.69 Å². The Balaban J connectivity index is 1.71. The Morgan fingerprint density at radius 3 is 2.40 bits per heavy atom. The number of carboxylic acids is 1. The Labute approximate surface area is 179 Å². The Morgan fingerprint density at radius 2 is 1.77 bits per heavy atom. The van der Waals surface area contributed by atoms with Crippen LogP contribution in [0.3, 0.4) is 0 Å². The Kier molecular flexibility index (Phi) is 6.69. The predicted molar refractivity (Wildman–Crippen MR) is 118 cm³/mol. The van der Waals surface area contributed by atoms with Crippen molar-refractivity contribution in [3.05, 3.63) is 83.4 Å².